The number of hydrogen-bond acceptors (Lipinski definition) is 6. The molecule has 23 heavy (non-hydrogen) atoms. The van der Waals surface area contributed by atoms with Crippen molar-refractivity contribution in [2.45, 2.75) is 0 Å². The first-order valence-electron chi connectivity index (χ1n) is 7.68. The molecule has 1 aliphatic rings. The smallest absolute Gasteiger partial charge is 0.225 e. The molecule has 6 heteroatoms. The monoisotopic (exact) mass is 323 g/mol. The molecule has 0 unspecified atom stereocenters. The highest BCUT2D eigenvalue weighted by molar-refractivity contribution is 7.14. The Hall–Kier alpha value is -2.47. The van der Waals surface area contributed by atoms with Gasteiger partial charge in [0.2, 0.25) is 5.95 Å². The molecule has 0 spiro atoms. The lowest BCUT2D eigenvalue weighted by Crippen LogP contribution is -2.47. The Morgan fingerprint density at radius 2 is 1.52 bits per heavy atom. The van der Waals surface area contributed by atoms with Gasteiger partial charge in [-0.25, -0.2) is 15.0 Å². The molecule has 1 fully saturated rings. The molecule has 0 amide bonds. The van der Waals surface area contributed by atoms with Gasteiger partial charge >= 0.3 is 0 Å². The minimum absolute atomic E-state index is 0.816. The highest BCUT2D eigenvalue weighted by atomic mass is 32.1. The zero-order valence-corrected chi connectivity index (χ0v) is 13.5. The maximum absolute atomic E-state index is 4.80. The summed E-state index contributed by atoms with van der Waals surface area (Å²) in [6.45, 7) is 3.73. The molecule has 0 aliphatic carbocycles. The Kier molecular flexibility index (Phi) is 3.90. The van der Waals surface area contributed by atoms with Gasteiger partial charge in [0.25, 0.3) is 0 Å². The summed E-state index contributed by atoms with van der Waals surface area (Å²) in [7, 11) is 0. The average Bonchev–Trinajstić information content (AvgIpc) is 3.14. The van der Waals surface area contributed by atoms with Crippen LogP contribution in [-0.4, -0.2) is 41.1 Å². The lowest BCUT2D eigenvalue weighted by atomic mass is 10.2. The first-order chi connectivity index (χ1) is 11.4. The minimum atomic E-state index is 0.816. The normalized spacial score (nSPS) is 15.0. The van der Waals surface area contributed by atoms with Crippen molar-refractivity contribution in [3.8, 4) is 11.3 Å². The fourth-order valence-corrected chi connectivity index (χ4v) is 3.59. The van der Waals surface area contributed by atoms with E-state index < -0.39 is 0 Å². The maximum atomic E-state index is 4.80. The van der Waals surface area contributed by atoms with Crippen LogP contribution in [-0.2, 0) is 0 Å². The Labute approximate surface area is 139 Å². The van der Waals surface area contributed by atoms with Gasteiger partial charge in [0.05, 0.1) is 5.69 Å². The molecule has 0 atom stereocenters. The van der Waals surface area contributed by atoms with Gasteiger partial charge < -0.3 is 9.80 Å². The number of thiazole rings is 1. The first-order valence-corrected chi connectivity index (χ1v) is 8.56. The summed E-state index contributed by atoms with van der Waals surface area (Å²) in [5.74, 6) is 0.816. The van der Waals surface area contributed by atoms with Crippen LogP contribution in [0.3, 0.4) is 0 Å². The number of anilines is 2. The molecule has 0 N–H and O–H groups in total. The lowest BCUT2D eigenvalue weighted by molar-refractivity contribution is 0.639. The molecular weight excluding hydrogens is 306 g/mol. The molecule has 1 aromatic carbocycles. The van der Waals surface area contributed by atoms with Gasteiger partial charge in [-0.3, -0.25) is 0 Å². The second-order valence-electron chi connectivity index (χ2n) is 5.40. The number of hydrogen-bond donors (Lipinski definition) is 0. The van der Waals surface area contributed by atoms with Crippen molar-refractivity contribution in [1.82, 2.24) is 15.0 Å². The van der Waals surface area contributed by atoms with Crippen molar-refractivity contribution >= 4 is 22.4 Å². The fourth-order valence-electron chi connectivity index (χ4n) is 2.70. The molecule has 3 aromatic rings. The summed E-state index contributed by atoms with van der Waals surface area (Å²) in [5.41, 5.74) is 2.23. The zero-order valence-electron chi connectivity index (χ0n) is 12.7. The van der Waals surface area contributed by atoms with E-state index in [-0.39, 0.29) is 0 Å². The molecule has 116 valence electrons. The van der Waals surface area contributed by atoms with Gasteiger partial charge in [0.15, 0.2) is 5.13 Å². The van der Waals surface area contributed by atoms with Gasteiger partial charge in [-0.15, -0.1) is 11.3 Å². The third-order valence-electron chi connectivity index (χ3n) is 3.95. The van der Waals surface area contributed by atoms with E-state index in [0.29, 0.717) is 0 Å². The van der Waals surface area contributed by atoms with E-state index >= 15 is 0 Å². The Morgan fingerprint density at radius 3 is 2.26 bits per heavy atom. The molecule has 1 saturated heterocycles. The van der Waals surface area contributed by atoms with E-state index in [1.54, 1.807) is 23.7 Å². The molecule has 0 radical (unpaired) electrons. The predicted octanol–water partition coefficient (Wildman–Crippen LogP) is 2.93. The number of rotatable bonds is 3. The standard InChI is InChI=1S/C17H17N5S/c1-2-5-14(6-3-1)15-13-23-17(20-15)22-11-9-21(10-12-22)16-18-7-4-8-19-16/h1-8,13H,9-12H2. The van der Waals surface area contributed by atoms with Gasteiger partial charge in [-0.05, 0) is 6.07 Å². The summed E-state index contributed by atoms with van der Waals surface area (Å²) in [6.07, 6.45) is 3.59. The number of nitrogens with zero attached hydrogens (tertiary/aromatic N) is 5. The summed E-state index contributed by atoms with van der Waals surface area (Å²) in [5, 5.41) is 3.23. The van der Waals surface area contributed by atoms with Crippen LogP contribution in [0.5, 0.6) is 0 Å². The highest BCUT2D eigenvalue weighted by Gasteiger charge is 2.21. The van der Waals surface area contributed by atoms with E-state index in [9.17, 15) is 0 Å². The van der Waals surface area contributed by atoms with E-state index in [1.165, 1.54) is 5.56 Å². The van der Waals surface area contributed by atoms with E-state index in [4.69, 9.17) is 4.98 Å². The third kappa shape index (κ3) is 3.03. The van der Waals surface area contributed by atoms with E-state index in [0.717, 1.165) is 43.0 Å². The lowest BCUT2D eigenvalue weighted by Gasteiger charge is -2.34. The van der Waals surface area contributed by atoms with Crippen molar-refractivity contribution in [2.75, 3.05) is 36.0 Å². The quantitative estimate of drug-likeness (QED) is 0.741. The van der Waals surface area contributed by atoms with Crippen molar-refractivity contribution in [3.05, 3.63) is 54.2 Å². The van der Waals surface area contributed by atoms with E-state index in [1.807, 2.05) is 24.3 Å². The van der Waals surface area contributed by atoms with Crippen LogP contribution in [0.2, 0.25) is 0 Å². The highest BCUT2D eigenvalue weighted by Crippen LogP contribution is 2.28. The van der Waals surface area contributed by atoms with Crippen molar-refractivity contribution in [1.29, 1.82) is 0 Å². The molecule has 4 rings (SSSR count). The van der Waals surface area contributed by atoms with Gasteiger partial charge in [-0.1, -0.05) is 30.3 Å². The Balaban J connectivity index is 1.44. The molecule has 5 nitrogen and oxygen atoms in total. The van der Waals surface area contributed by atoms with Gasteiger partial charge in [-0.2, -0.15) is 0 Å². The number of benzene rings is 1. The summed E-state index contributed by atoms with van der Waals surface area (Å²) in [4.78, 5) is 18.0. The largest absolute Gasteiger partial charge is 0.345 e. The summed E-state index contributed by atoms with van der Waals surface area (Å²) < 4.78 is 0. The predicted molar refractivity (Wildman–Crippen MR) is 94.0 cm³/mol. The van der Waals surface area contributed by atoms with Gasteiger partial charge in [0.1, 0.15) is 0 Å². The summed E-state index contributed by atoms with van der Waals surface area (Å²) >= 11 is 1.71. The summed E-state index contributed by atoms with van der Waals surface area (Å²) in [6, 6.07) is 12.2. The number of piperazine rings is 1. The maximum Gasteiger partial charge on any atom is 0.225 e. The first kappa shape index (κ1) is 14.1. The van der Waals surface area contributed by atoms with Crippen molar-refractivity contribution in [2.24, 2.45) is 0 Å². The Bertz CT molecular complexity index is 751. The van der Waals surface area contributed by atoms with Crippen LogP contribution in [0.4, 0.5) is 11.1 Å². The number of aromatic nitrogens is 3. The zero-order chi connectivity index (χ0) is 15.5. The molecule has 3 heterocycles. The molecule has 0 saturated carbocycles. The molecule has 0 bridgehead atoms. The van der Waals surface area contributed by atoms with Crippen LogP contribution in [0.25, 0.3) is 11.3 Å². The van der Waals surface area contributed by atoms with Crippen LogP contribution in [0, 0.1) is 0 Å². The van der Waals surface area contributed by atoms with Crippen molar-refractivity contribution in [3.63, 3.8) is 0 Å². The topological polar surface area (TPSA) is 45.2 Å². The van der Waals surface area contributed by atoms with Crippen LogP contribution >= 0.6 is 11.3 Å². The SMILES string of the molecule is c1ccc(-c2csc(N3CCN(c4ncccn4)CC3)n2)cc1. The van der Waals surface area contributed by atoms with E-state index in [2.05, 4.69) is 37.3 Å². The third-order valence-corrected chi connectivity index (χ3v) is 4.85. The molecule has 1 aliphatic heterocycles. The Morgan fingerprint density at radius 1 is 0.826 bits per heavy atom. The van der Waals surface area contributed by atoms with Gasteiger partial charge in [0, 0.05) is 49.5 Å². The minimum Gasteiger partial charge on any atom is -0.345 e. The second-order valence-corrected chi connectivity index (χ2v) is 6.24. The fraction of sp³-hybridized carbons (Fsp3) is 0.235. The van der Waals surface area contributed by atoms with Crippen molar-refractivity contribution < 1.29 is 0 Å². The molecule has 2 aromatic heterocycles. The molecular formula is C17H17N5S. The van der Waals surface area contributed by atoms with Crippen LogP contribution in [0.1, 0.15) is 0 Å². The second kappa shape index (κ2) is 6.34. The van der Waals surface area contributed by atoms with Crippen LogP contribution in [0.15, 0.2) is 54.2 Å². The average molecular weight is 323 g/mol. The van der Waals surface area contributed by atoms with Crippen LogP contribution < -0.4 is 9.80 Å².